The maximum Gasteiger partial charge on any atom is 0.332 e. The van der Waals surface area contributed by atoms with E-state index >= 15 is 0 Å². The lowest BCUT2D eigenvalue weighted by atomic mass is 10.3. The van der Waals surface area contributed by atoms with Crippen LogP contribution < -0.4 is 5.32 Å². The predicted octanol–water partition coefficient (Wildman–Crippen LogP) is 0.164. The average Bonchev–Trinajstić information content (AvgIpc) is 2.03. The number of aliphatic hydroxyl groups is 1. The Morgan fingerprint density at radius 3 is 2.75 bits per heavy atom. The van der Waals surface area contributed by atoms with Crippen molar-refractivity contribution >= 4 is 17.6 Å². The van der Waals surface area contributed by atoms with Crippen LogP contribution in [0.15, 0.2) is 11.8 Å². The molecule has 5 heteroatoms. The third kappa shape index (κ3) is 4.98. The van der Waals surface area contributed by atoms with E-state index in [9.17, 15) is 4.79 Å². The van der Waals surface area contributed by atoms with Crippen LogP contribution in [0, 0.1) is 0 Å². The largest absolute Gasteiger partial charge is 0.478 e. The number of hydrogen-bond donors (Lipinski definition) is 3. The highest BCUT2D eigenvalue weighted by molar-refractivity contribution is 6.18. The van der Waals surface area contributed by atoms with Gasteiger partial charge in [0.2, 0.25) is 0 Å². The third-order valence-corrected chi connectivity index (χ3v) is 1.54. The molecule has 1 atom stereocenters. The number of aliphatic carboxylic acids is 1. The van der Waals surface area contributed by atoms with E-state index in [2.05, 4.69) is 5.32 Å². The molecular formula is C7H12ClNO3. The third-order valence-electron chi connectivity index (χ3n) is 1.19. The minimum atomic E-state index is -0.983. The van der Waals surface area contributed by atoms with Crippen LogP contribution in [0.25, 0.3) is 0 Å². The molecule has 0 amide bonds. The molecule has 3 N–H and O–H groups in total. The zero-order valence-electron chi connectivity index (χ0n) is 6.75. The van der Waals surface area contributed by atoms with Crippen molar-refractivity contribution in [2.75, 3.05) is 12.4 Å². The highest BCUT2D eigenvalue weighted by Gasteiger charge is 2.01. The number of aliphatic hydroxyl groups excluding tert-OH is 1. The summed E-state index contributed by atoms with van der Waals surface area (Å²) in [5.74, 6) is -0.852. The molecule has 0 aliphatic rings. The second-order valence-electron chi connectivity index (χ2n) is 2.35. The summed E-state index contributed by atoms with van der Waals surface area (Å²) in [5.41, 5.74) is 0.191. The number of carboxylic acids is 1. The summed E-state index contributed by atoms with van der Waals surface area (Å²) in [6.45, 7) is 1.72. The summed E-state index contributed by atoms with van der Waals surface area (Å²) in [5, 5.41) is 20.0. The topological polar surface area (TPSA) is 69.6 Å². The van der Waals surface area contributed by atoms with Crippen molar-refractivity contribution in [2.45, 2.75) is 13.0 Å². The van der Waals surface area contributed by atoms with Crippen molar-refractivity contribution in [3.05, 3.63) is 11.8 Å². The Labute approximate surface area is 75.8 Å². The lowest BCUT2D eigenvalue weighted by Crippen LogP contribution is -2.24. The summed E-state index contributed by atoms with van der Waals surface area (Å²) < 4.78 is 0. The van der Waals surface area contributed by atoms with Crippen LogP contribution in [-0.4, -0.2) is 34.7 Å². The van der Waals surface area contributed by atoms with Crippen molar-refractivity contribution in [3.63, 3.8) is 0 Å². The fourth-order valence-corrected chi connectivity index (χ4v) is 0.573. The van der Waals surface area contributed by atoms with Crippen LogP contribution in [0.5, 0.6) is 0 Å². The highest BCUT2D eigenvalue weighted by atomic mass is 35.5. The van der Waals surface area contributed by atoms with Crippen LogP contribution in [-0.2, 0) is 4.79 Å². The van der Waals surface area contributed by atoms with Crippen molar-refractivity contribution in [1.82, 2.24) is 5.32 Å². The van der Waals surface area contributed by atoms with E-state index in [0.717, 1.165) is 0 Å². The number of carbonyl (C=O) groups is 1. The molecule has 12 heavy (non-hydrogen) atoms. The SMILES string of the molecule is CC(=CNCC(O)CCl)C(=O)O. The van der Waals surface area contributed by atoms with E-state index in [4.69, 9.17) is 21.8 Å². The Kier molecular flexibility index (Phi) is 5.49. The van der Waals surface area contributed by atoms with Gasteiger partial charge in [0.1, 0.15) is 0 Å². The van der Waals surface area contributed by atoms with Gasteiger partial charge in [-0.05, 0) is 6.92 Å². The quantitative estimate of drug-likeness (QED) is 0.430. The van der Waals surface area contributed by atoms with Gasteiger partial charge in [0, 0.05) is 18.3 Å². The Hall–Kier alpha value is -0.740. The number of nitrogens with one attached hydrogen (secondary N) is 1. The average molecular weight is 194 g/mol. The molecule has 0 aromatic carbocycles. The Balaban J connectivity index is 3.67. The van der Waals surface area contributed by atoms with Gasteiger partial charge < -0.3 is 15.5 Å². The first-order valence-corrected chi connectivity index (χ1v) is 3.99. The zero-order valence-corrected chi connectivity index (χ0v) is 7.51. The lowest BCUT2D eigenvalue weighted by Gasteiger charge is -2.05. The molecular weight excluding hydrogens is 182 g/mol. The molecule has 0 aliphatic heterocycles. The Bertz CT molecular complexity index is 181. The molecule has 70 valence electrons. The van der Waals surface area contributed by atoms with E-state index < -0.39 is 12.1 Å². The van der Waals surface area contributed by atoms with Crippen molar-refractivity contribution in [1.29, 1.82) is 0 Å². The smallest absolute Gasteiger partial charge is 0.332 e. The fraction of sp³-hybridized carbons (Fsp3) is 0.571. The second-order valence-corrected chi connectivity index (χ2v) is 2.66. The molecule has 1 unspecified atom stereocenters. The van der Waals surface area contributed by atoms with Gasteiger partial charge in [0.15, 0.2) is 0 Å². The first-order chi connectivity index (χ1) is 5.57. The number of alkyl halides is 1. The van der Waals surface area contributed by atoms with Crippen LogP contribution in [0.1, 0.15) is 6.92 Å². The van der Waals surface area contributed by atoms with E-state index in [-0.39, 0.29) is 18.0 Å². The first-order valence-electron chi connectivity index (χ1n) is 3.45. The molecule has 0 fully saturated rings. The normalized spacial score (nSPS) is 14.1. The van der Waals surface area contributed by atoms with E-state index in [1.807, 2.05) is 0 Å². The summed E-state index contributed by atoms with van der Waals surface area (Å²) in [6.07, 6.45) is 0.683. The van der Waals surface area contributed by atoms with E-state index in [0.29, 0.717) is 0 Å². The Morgan fingerprint density at radius 1 is 1.75 bits per heavy atom. The van der Waals surface area contributed by atoms with Gasteiger partial charge in [-0.2, -0.15) is 0 Å². The molecule has 0 bridgehead atoms. The van der Waals surface area contributed by atoms with Gasteiger partial charge in [0.05, 0.1) is 12.0 Å². The van der Waals surface area contributed by atoms with Crippen LogP contribution >= 0.6 is 11.6 Å². The van der Waals surface area contributed by atoms with Gasteiger partial charge in [-0.25, -0.2) is 4.79 Å². The number of halogens is 1. The summed E-state index contributed by atoms with van der Waals surface area (Å²) >= 11 is 5.30. The minimum Gasteiger partial charge on any atom is -0.478 e. The van der Waals surface area contributed by atoms with Crippen molar-refractivity contribution < 1.29 is 15.0 Å². The minimum absolute atomic E-state index is 0.132. The van der Waals surface area contributed by atoms with E-state index in [1.165, 1.54) is 13.1 Å². The summed E-state index contributed by atoms with van der Waals surface area (Å²) in [7, 11) is 0. The maximum absolute atomic E-state index is 10.2. The lowest BCUT2D eigenvalue weighted by molar-refractivity contribution is -0.132. The molecule has 4 nitrogen and oxygen atoms in total. The summed E-state index contributed by atoms with van der Waals surface area (Å²) in [6, 6.07) is 0. The molecule has 0 aliphatic carbocycles. The van der Waals surface area contributed by atoms with Gasteiger partial charge >= 0.3 is 5.97 Å². The zero-order chi connectivity index (χ0) is 9.56. The molecule has 0 aromatic heterocycles. The molecule has 0 saturated carbocycles. The van der Waals surface area contributed by atoms with Gasteiger partial charge in [-0.1, -0.05) is 0 Å². The van der Waals surface area contributed by atoms with Crippen molar-refractivity contribution in [2.24, 2.45) is 0 Å². The fourth-order valence-electron chi connectivity index (χ4n) is 0.464. The molecule has 0 saturated heterocycles. The molecule has 0 heterocycles. The van der Waals surface area contributed by atoms with Gasteiger partial charge in [0.25, 0.3) is 0 Å². The molecule has 0 aromatic rings. The molecule has 0 rings (SSSR count). The maximum atomic E-state index is 10.2. The van der Waals surface area contributed by atoms with Crippen LogP contribution in [0.2, 0.25) is 0 Å². The van der Waals surface area contributed by atoms with Crippen LogP contribution in [0.3, 0.4) is 0 Å². The van der Waals surface area contributed by atoms with Gasteiger partial charge in [-0.15, -0.1) is 11.6 Å². The molecule has 0 spiro atoms. The number of carboxylic acid groups (broad SMARTS) is 1. The van der Waals surface area contributed by atoms with Crippen LogP contribution in [0.4, 0.5) is 0 Å². The summed E-state index contributed by atoms with van der Waals surface area (Å²) in [4.78, 5) is 10.2. The molecule has 0 radical (unpaired) electrons. The number of hydrogen-bond acceptors (Lipinski definition) is 3. The second kappa shape index (κ2) is 5.85. The predicted molar refractivity (Wildman–Crippen MR) is 46.1 cm³/mol. The van der Waals surface area contributed by atoms with Crippen molar-refractivity contribution in [3.8, 4) is 0 Å². The Morgan fingerprint density at radius 2 is 2.33 bits per heavy atom. The monoisotopic (exact) mass is 193 g/mol. The standard InChI is InChI=1S/C7H12ClNO3/c1-5(7(11)12)3-9-4-6(10)2-8/h3,6,9-10H,2,4H2,1H3,(H,11,12). The number of rotatable bonds is 5. The highest BCUT2D eigenvalue weighted by Crippen LogP contribution is 1.89. The van der Waals surface area contributed by atoms with Gasteiger partial charge in [-0.3, -0.25) is 0 Å². The van der Waals surface area contributed by atoms with E-state index in [1.54, 1.807) is 0 Å². The first kappa shape index (κ1) is 11.3.